The molecule has 4 heteroatoms. The summed E-state index contributed by atoms with van der Waals surface area (Å²) >= 11 is 0. The molecule has 1 aromatic rings. The van der Waals surface area contributed by atoms with Gasteiger partial charge >= 0.3 is 0 Å². The molecule has 0 aliphatic carbocycles. The summed E-state index contributed by atoms with van der Waals surface area (Å²) in [5, 5.41) is 0. The fourth-order valence-electron chi connectivity index (χ4n) is 1.77. The maximum Gasteiger partial charge on any atom is 0.231 e. The monoisotopic (exact) mass is 222 g/mol. The van der Waals surface area contributed by atoms with Crippen molar-refractivity contribution in [1.29, 1.82) is 0 Å². The summed E-state index contributed by atoms with van der Waals surface area (Å²) in [6.45, 7) is 2.22. The lowest BCUT2D eigenvalue weighted by Crippen LogP contribution is -1.98. The standard InChI is InChI=1S/C12H14O4/c1-8(3-4-13)9-5-11-12(16-7-15-11)6-10(9)14-2/h4-6,8H,3,7H2,1-2H3. The highest BCUT2D eigenvalue weighted by molar-refractivity contribution is 5.56. The van der Waals surface area contributed by atoms with Crippen molar-refractivity contribution in [1.82, 2.24) is 0 Å². The van der Waals surface area contributed by atoms with Crippen molar-refractivity contribution < 1.29 is 19.0 Å². The molecule has 0 saturated carbocycles. The Balaban J connectivity index is 2.39. The van der Waals surface area contributed by atoms with Crippen LogP contribution in [-0.4, -0.2) is 20.2 Å². The summed E-state index contributed by atoms with van der Waals surface area (Å²) in [6, 6.07) is 3.69. The van der Waals surface area contributed by atoms with Crippen LogP contribution in [0.2, 0.25) is 0 Å². The molecule has 1 aliphatic heterocycles. The van der Waals surface area contributed by atoms with E-state index in [0.717, 1.165) is 17.6 Å². The lowest BCUT2D eigenvalue weighted by Gasteiger charge is -2.14. The first-order chi connectivity index (χ1) is 7.76. The number of carbonyl (C=O) groups is 1. The Morgan fingerprint density at radius 1 is 1.44 bits per heavy atom. The van der Waals surface area contributed by atoms with E-state index in [0.29, 0.717) is 17.9 Å². The second-order valence-corrected chi connectivity index (χ2v) is 3.75. The highest BCUT2D eigenvalue weighted by Gasteiger charge is 2.20. The van der Waals surface area contributed by atoms with Gasteiger partial charge in [-0.05, 0) is 12.0 Å². The van der Waals surface area contributed by atoms with Crippen molar-refractivity contribution >= 4 is 6.29 Å². The van der Waals surface area contributed by atoms with Gasteiger partial charge in [-0.2, -0.15) is 0 Å². The van der Waals surface area contributed by atoms with Crippen molar-refractivity contribution in [3.63, 3.8) is 0 Å². The molecule has 1 heterocycles. The number of aldehydes is 1. The molecule has 1 atom stereocenters. The Morgan fingerprint density at radius 3 is 2.75 bits per heavy atom. The van der Waals surface area contributed by atoms with Crippen LogP contribution in [0.4, 0.5) is 0 Å². The van der Waals surface area contributed by atoms with Gasteiger partial charge in [0.2, 0.25) is 6.79 Å². The number of carbonyl (C=O) groups excluding carboxylic acids is 1. The van der Waals surface area contributed by atoms with E-state index >= 15 is 0 Å². The van der Waals surface area contributed by atoms with Crippen LogP contribution in [0, 0.1) is 0 Å². The maximum absolute atomic E-state index is 10.5. The van der Waals surface area contributed by atoms with E-state index in [1.54, 1.807) is 13.2 Å². The third-order valence-corrected chi connectivity index (χ3v) is 2.71. The highest BCUT2D eigenvalue weighted by Crippen LogP contribution is 2.41. The minimum Gasteiger partial charge on any atom is -0.496 e. The van der Waals surface area contributed by atoms with Gasteiger partial charge in [0, 0.05) is 18.1 Å². The average Bonchev–Trinajstić information content (AvgIpc) is 2.74. The molecule has 0 radical (unpaired) electrons. The molecule has 0 aromatic heterocycles. The summed E-state index contributed by atoms with van der Waals surface area (Å²) in [6.07, 6.45) is 1.38. The van der Waals surface area contributed by atoms with Crippen molar-refractivity contribution in [3.8, 4) is 17.2 Å². The number of benzene rings is 1. The van der Waals surface area contributed by atoms with E-state index in [4.69, 9.17) is 14.2 Å². The van der Waals surface area contributed by atoms with Gasteiger partial charge in [-0.1, -0.05) is 6.92 Å². The zero-order valence-corrected chi connectivity index (χ0v) is 9.36. The molecule has 0 spiro atoms. The van der Waals surface area contributed by atoms with E-state index in [1.807, 2.05) is 13.0 Å². The van der Waals surface area contributed by atoms with E-state index < -0.39 is 0 Å². The van der Waals surface area contributed by atoms with Gasteiger partial charge in [-0.15, -0.1) is 0 Å². The first kappa shape index (κ1) is 10.8. The molecule has 0 bridgehead atoms. The topological polar surface area (TPSA) is 44.8 Å². The van der Waals surface area contributed by atoms with Crippen molar-refractivity contribution in [2.24, 2.45) is 0 Å². The van der Waals surface area contributed by atoms with Crippen molar-refractivity contribution in [2.75, 3.05) is 13.9 Å². The van der Waals surface area contributed by atoms with Crippen LogP contribution in [0.1, 0.15) is 24.8 Å². The molecular weight excluding hydrogens is 208 g/mol. The Labute approximate surface area is 94.1 Å². The predicted molar refractivity (Wildman–Crippen MR) is 58.2 cm³/mol. The van der Waals surface area contributed by atoms with Crippen LogP contribution in [0.15, 0.2) is 12.1 Å². The summed E-state index contributed by atoms with van der Waals surface area (Å²) in [7, 11) is 1.61. The predicted octanol–water partition coefficient (Wildman–Crippen LogP) is 2.12. The first-order valence-electron chi connectivity index (χ1n) is 5.17. The van der Waals surface area contributed by atoms with Gasteiger partial charge in [0.25, 0.3) is 0 Å². The van der Waals surface area contributed by atoms with Gasteiger partial charge in [0.1, 0.15) is 12.0 Å². The van der Waals surface area contributed by atoms with Crippen LogP contribution in [0.25, 0.3) is 0 Å². The van der Waals surface area contributed by atoms with Crippen LogP contribution in [0.3, 0.4) is 0 Å². The van der Waals surface area contributed by atoms with Gasteiger partial charge < -0.3 is 19.0 Å². The Morgan fingerprint density at radius 2 is 2.12 bits per heavy atom. The van der Waals surface area contributed by atoms with Crippen molar-refractivity contribution in [3.05, 3.63) is 17.7 Å². The van der Waals surface area contributed by atoms with Crippen LogP contribution >= 0.6 is 0 Å². The number of hydrogen-bond acceptors (Lipinski definition) is 4. The lowest BCUT2D eigenvalue weighted by atomic mass is 9.97. The Hall–Kier alpha value is -1.71. The fourth-order valence-corrected chi connectivity index (χ4v) is 1.77. The van der Waals surface area contributed by atoms with E-state index in [2.05, 4.69) is 0 Å². The quantitative estimate of drug-likeness (QED) is 0.732. The molecule has 1 unspecified atom stereocenters. The SMILES string of the molecule is COc1cc2c(cc1C(C)CC=O)OCO2. The third-order valence-electron chi connectivity index (χ3n) is 2.71. The minimum absolute atomic E-state index is 0.113. The van der Waals surface area contributed by atoms with Crippen molar-refractivity contribution in [2.45, 2.75) is 19.3 Å². The van der Waals surface area contributed by atoms with Gasteiger partial charge in [-0.3, -0.25) is 0 Å². The normalized spacial score (nSPS) is 14.6. The maximum atomic E-state index is 10.5. The molecule has 16 heavy (non-hydrogen) atoms. The minimum atomic E-state index is 0.113. The van der Waals surface area contributed by atoms with E-state index in [9.17, 15) is 4.79 Å². The van der Waals surface area contributed by atoms with Gasteiger partial charge in [0.15, 0.2) is 11.5 Å². The van der Waals surface area contributed by atoms with E-state index in [-0.39, 0.29) is 12.7 Å². The number of fused-ring (bicyclic) bond motifs is 1. The Bertz CT molecular complexity index is 400. The summed E-state index contributed by atoms with van der Waals surface area (Å²) in [5.41, 5.74) is 0.971. The zero-order chi connectivity index (χ0) is 11.5. The van der Waals surface area contributed by atoms with Gasteiger partial charge in [0.05, 0.1) is 7.11 Å². The second kappa shape index (κ2) is 4.43. The number of rotatable bonds is 4. The summed E-state index contributed by atoms with van der Waals surface area (Å²) < 4.78 is 15.9. The number of ether oxygens (including phenoxy) is 3. The summed E-state index contributed by atoms with van der Waals surface area (Å²) in [4.78, 5) is 10.5. The van der Waals surface area contributed by atoms with Crippen LogP contribution in [-0.2, 0) is 4.79 Å². The molecule has 4 nitrogen and oxygen atoms in total. The molecule has 1 aromatic carbocycles. The number of methoxy groups -OCH3 is 1. The first-order valence-corrected chi connectivity index (χ1v) is 5.17. The zero-order valence-electron chi connectivity index (χ0n) is 9.36. The van der Waals surface area contributed by atoms with E-state index in [1.165, 1.54) is 0 Å². The lowest BCUT2D eigenvalue weighted by molar-refractivity contribution is -0.108. The summed E-state index contributed by atoms with van der Waals surface area (Å²) in [5.74, 6) is 2.26. The average molecular weight is 222 g/mol. The molecular formula is C12H14O4. The fraction of sp³-hybridized carbons (Fsp3) is 0.417. The smallest absolute Gasteiger partial charge is 0.231 e. The molecule has 2 rings (SSSR count). The molecule has 86 valence electrons. The van der Waals surface area contributed by atoms with Gasteiger partial charge in [-0.25, -0.2) is 0 Å². The van der Waals surface area contributed by atoms with Crippen LogP contribution < -0.4 is 14.2 Å². The molecule has 0 fully saturated rings. The highest BCUT2D eigenvalue weighted by atomic mass is 16.7. The molecule has 1 aliphatic rings. The molecule has 0 amide bonds. The molecule has 0 N–H and O–H groups in total. The number of hydrogen-bond donors (Lipinski definition) is 0. The largest absolute Gasteiger partial charge is 0.496 e. The third kappa shape index (κ3) is 1.83. The second-order valence-electron chi connectivity index (χ2n) is 3.75. The molecule has 0 saturated heterocycles. The van der Waals surface area contributed by atoms with Crippen LogP contribution in [0.5, 0.6) is 17.2 Å². The Kier molecular flexibility index (Phi) is 2.99.